The summed E-state index contributed by atoms with van der Waals surface area (Å²) in [5, 5.41) is 0. The van der Waals surface area contributed by atoms with E-state index in [1.54, 1.807) is 11.1 Å². The van der Waals surface area contributed by atoms with Crippen LogP contribution in [0.1, 0.15) is 35.1 Å². The summed E-state index contributed by atoms with van der Waals surface area (Å²) in [7, 11) is 0. The van der Waals surface area contributed by atoms with Crippen LogP contribution in [-0.2, 0) is 11.8 Å². The highest BCUT2D eigenvalue weighted by Gasteiger charge is 2.54. The number of rotatable bonds is 0. The molecule has 0 saturated heterocycles. The van der Waals surface area contributed by atoms with Crippen LogP contribution >= 0.6 is 0 Å². The third-order valence-electron chi connectivity index (χ3n) is 4.18. The van der Waals surface area contributed by atoms with Gasteiger partial charge in [0.15, 0.2) is 0 Å². The van der Waals surface area contributed by atoms with Gasteiger partial charge in [0.2, 0.25) is 0 Å². The summed E-state index contributed by atoms with van der Waals surface area (Å²) < 4.78 is 0. The Bertz CT molecular complexity index is 402. The number of fused-ring (bicyclic) bond motifs is 2. The Morgan fingerprint density at radius 3 is 2.50 bits per heavy atom. The average Bonchev–Trinajstić information content (AvgIpc) is 2.86. The van der Waals surface area contributed by atoms with E-state index in [9.17, 15) is 0 Å². The molecule has 0 radical (unpaired) electrons. The van der Waals surface area contributed by atoms with Crippen molar-refractivity contribution < 1.29 is 0 Å². The highest BCUT2D eigenvalue weighted by molar-refractivity contribution is 5.53. The Kier molecular flexibility index (Phi) is 1.46. The molecular formula is C13H17N. The van der Waals surface area contributed by atoms with Crippen molar-refractivity contribution >= 4 is 0 Å². The maximum atomic E-state index is 6.26. The second kappa shape index (κ2) is 2.40. The molecule has 1 unspecified atom stereocenters. The fraction of sp³-hybridized carbons (Fsp3) is 0.538. The predicted molar refractivity (Wildman–Crippen MR) is 58.5 cm³/mol. The second-order valence-corrected chi connectivity index (χ2v) is 5.02. The zero-order chi connectivity index (χ0) is 9.92. The van der Waals surface area contributed by atoms with Crippen molar-refractivity contribution in [1.82, 2.24) is 0 Å². The summed E-state index contributed by atoms with van der Waals surface area (Å²) >= 11 is 0. The smallest absolute Gasteiger partial charge is 0.0177 e. The summed E-state index contributed by atoms with van der Waals surface area (Å²) in [6.07, 6.45) is 3.72. The standard InChI is InChI=1S/C13H17N/c1-8-3-4-9(2)12-10(8)7-11(14)13(12)5-6-13/h3-4,11H,5-7,14H2,1-2H3. The monoisotopic (exact) mass is 187 g/mol. The molecular weight excluding hydrogens is 170 g/mol. The van der Waals surface area contributed by atoms with Crippen LogP contribution in [-0.4, -0.2) is 6.04 Å². The van der Waals surface area contributed by atoms with Crippen molar-refractivity contribution in [3.05, 3.63) is 34.4 Å². The molecule has 2 aliphatic carbocycles. The topological polar surface area (TPSA) is 26.0 Å². The van der Waals surface area contributed by atoms with Gasteiger partial charge in [-0.05, 0) is 55.4 Å². The number of benzene rings is 1. The molecule has 1 atom stereocenters. The quantitative estimate of drug-likeness (QED) is 0.662. The van der Waals surface area contributed by atoms with Gasteiger partial charge >= 0.3 is 0 Å². The van der Waals surface area contributed by atoms with Crippen molar-refractivity contribution in [2.45, 2.75) is 44.6 Å². The van der Waals surface area contributed by atoms with E-state index in [2.05, 4.69) is 26.0 Å². The average molecular weight is 187 g/mol. The molecule has 2 N–H and O–H groups in total. The fourth-order valence-electron chi connectivity index (χ4n) is 3.18. The van der Waals surface area contributed by atoms with Crippen molar-refractivity contribution in [2.75, 3.05) is 0 Å². The predicted octanol–water partition coefficient (Wildman–Crippen LogP) is 2.22. The lowest BCUT2D eigenvalue weighted by Gasteiger charge is -2.16. The van der Waals surface area contributed by atoms with Crippen molar-refractivity contribution in [3.8, 4) is 0 Å². The fourth-order valence-corrected chi connectivity index (χ4v) is 3.18. The van der Waals surface area contributed by atoms with E-state index in [1.165, 1.54) is 24.0 Å². The summed E-state index contributed by atoms with van der Waals surface area (Å²) in [4.78, 5) is 0. The first kappa shape index (κ1) is 8.49. The molecule has 1 fully saturated rings. The van der Waals surface area contributed by atoms with E-state index in [0.717, 1.165) is 6.42 Å². The van der Waals surface area contributed by atoms with Crippen molar-refractivity contribution in [1.29, 1.82) is 0 Å². The Morgan fingerprint density at radius 1 is 1.21 bits per heavy atom. The first-order valence-electron chi connectivity index (χ1n) is 5.50. The zero-order valence-electron chi connectivity index (χ0n) is 8.93. The Morgan fingerprint density at radius 2 is 1.86 bits per heavy atom. The number of hydrogen-bond acceptors (Lipinski definition) is 1. The van der Waals surface area contributed by atoms with E-state index in [1.807, 2.05) is 0 Å². The molecule has 74 valence electrons. The molecule has 0 heterocycles. The van der Waals surface area contributed by atoms with Gasteiger partial charge in [0.1, 0.15) is 0 Å². The normalized spacial score (nSPS) is 26.6. The Balaban J connectivity index is 2.27. The van der Waals surface area contributed by atoms with Gasteiger partial charge in [0, 0.05) is 11.5 Å². The Labute approximate surface area is 85.3 Å². The summed E-state index contributed by atoms with van der Waals surface area (Å²) in [6.45, 7) is 4.45. The summed E-state index contributed by atoms with van der Waals surface area (Å²) in [5.74, 6) is 0. The van der Waals surface area contributed by atoms with Crippen LogP contribution in [0, 0.1) is 13.8 Å². The first-order chi connectivity index (χ1) is 6.65. The minimum atomic E-state index is 0.386. The largest absolute Gasteiger partial charge is 0.327 e. The minimum absolute atomic E-state index is 0.386. The summed E-state index contributed by atoms with van der Waals surface area (Å²) in [5.41, 5.74) is 12.7. The van der Waals surface area contributed by atoms with Gasteiger partial charge < -0.3 is 5.73 Å². The Hall–Kier alpha value is -0.820. The van der Waals surface area contributed by atoms with Crippen LogP contribution in [0.2, 0.25) is 0 Å². The molecule has 0 amide bonds. The molecule has 0 aliphatic heterocycles. The van der Waals surface area contributed by atoms with Crippen molar-refractivity contribution in [3.63, 3.8) is 0 Å². The molecule has 14 heavy (non-hydrogen) atoms. The van der Waals surface area contributed by atoms with Gasteiger partial charge in [-0.2, -0.15) is 0 Å². The lowest BCUT2D eigenvalue weighted by atomic mass is 9.91. The molecule has 1 aromatic rings. The molecule has 1 saturated carbocycles. The van der Waals surface area contributed by atoms with Gasteiger partial charge in [0.25, 0.3) is 0 Å². The zero-order valence-corrected chi connectivity index (χ0v) is 8.93. The second-order valence-electron chi connectivity index (χ2n) is 5.02. The van der Waals surface area contributed by atoms with E-state index in [4.69, 9.17) is 5.73 Å². The highest BCUT2D eigenvalue weighted by atomic mass is 14.8. The molecule has 3 rings (SSSR count). The molecule has 1 nitrogen and oxygen atoms in total. The molecule has 0 bridgehead atoms. The summed E-state index contributed by atoms with van der Waals surface area (Å²) in [6, 6.07) is 4.88. The van der Waals surface area contributed by atoms with Crippen molar-refractivity contribution in [2.24, 2.45) is 5.73 Å². The number of hydrogen-bond donors (Lipinski definition) is 1. The SMILES string of the molecule is Cc1ccc(C)c2c1CC(N)C21CC1. The highest BCUT2D eigenvalue weighted by Crippen LogP contribution is 2.57. The lowest BCUT2D eigenvalue weighted by molar-refractivity contribution is 0.561. The van der Waals surface area contributed by atoms with Gasteiger partial charge in [-0.1, -0.05) is 12.1 Å². The lowest BCUT2D eigenvalue weighted by Crippen LogP contribution is -2.31. The molecule has 1 aromatic carbocycles. The van der Waals surface area contributed by atoms with Crippen LogP contribution in [0.4, 0.5) is 0 Å². The maximum absolute atomic E-state index is 6.26. The van der Waals surface area contributed by atoms with E-state index < -0.39 is 0 Å². The number of nitrogens with two attached hydrogens (primary N) is 1. The molecule has 1 spiro atoms. The van der Waals surface area contributed by atoms with Crippen LogP contribution in [0.25, 0.3) is 0 Å². The number of aryl methyl sites for hydroxylation is 2. The van der Waals surface area contributed by atoms with E-state index in [-0.39, 0.29) is 0 Å². The van der Waals surface area contributed by atoms with E-state index in [0.29, 0.717) is 11.5 Å². The van der Waals surface area contributed by atoms with Crippen LogP contribution in [0.15, 0.2) is 12.1 Å². The molecule has 1 heteroatoms. The van der Waals surface area contributed by atoms with Crippen LogP contribution < -0.4 is 5.73 Å². The maximum Gasteiger partial charge on any atom is 0.0177 e. The van der Waals surface area contributed by atoms with Gasteiger partial charge in [0.05, 0.1) is 0 Å². The van der Waals surface area contributed by atoms with Crippen LogP contribution in [0.3, 0.4) is 0 Å². The van der Waals surface area contributed by atoms with Crippen LogP contribution in [0.5, 0.6) is 0 Å². The minimum Gasteiger partial charge on any atom is -0.327 e. The first-order valence-corrected chi connectivity index (χ1v) is 5.50. The van der Waals surface area contributed by atoms with E-state index >= 15 is 0 Å². The molecule has 2 aliphatic rings. The van der Waals surface area contributed by atoms with Gasteiger partial charge in [-0.25, -0.2) is 0 Å². The third-order valence-corrected chi connectivity index (χ3v) is 4.18. The third kappa shape index (κ3) is 0.838. The van der Waals surface area contributed by atoms with Gasteiger partial charge in [-0.15, -0.1) is 0 Å². The van der Waals surface area contributed by atoms with Gasteiger partial charge in [-0.3, -0.25) is 0 Å². The molecule has 0 aromatic heterocycles.